The van der Waals surface area contributed by atoms with Crippen molar-refractivity contribution in [2.45, 2.75) is 116 Å². The Morgan fingerprint density at radius 3 is 1.97 bits per heavy atom. The first-order valence-corrected chi connectivity index (χ1v) is 19.5. The second-order valence-electron chi connectivity index (χ2n) is 13.6. The lowest BCUT2D eigenvalue weighted by Crippen LogP contribution is -2.50. The summed E-state index contributed by atoms with van der Waals surface area (Å²) >= 11 is 0. The van der Waals surface area contributed by atoms with E-state index in [-0.39, 0.29) is 28.4 Å². The zero-order chi connectivity index (χ0) is 29.9. The summed E-state index contributed by atoms with van der Waals surface area (Å²) in [4.78, 5) is 25.9. The fourth-order valence-electron chi connectivity index (χ4n) is 6.02. The minimum Gasteiger partial charge on any atom is -0.540 e. The van der Waals surface area contributed by atoms with E-state index in [2.05, 4.69) is 75.4 Å². The smallest absolute Gasteiger partial charge is 0.409 e. The Morgan fingerprint density at radius 1 is 0.949 bits per heavy atom. The second kappa shape index (κ2) is 12.8. The molecule has 222 valence electrons. The van der Waals surface area contributed by atoms with E-state index in [1.165, 1.54) is 0 Å². The molecule has 1 aromatic rings. The molecule has 1 fully saturated rings. The molecule has 0 saturated heterocycles. The summed E-state index contributed by atoms with van der Waals surface area (Å²) in [5.74, 6) is 0.879. The second-order valence-corrected chi connectivity index (χ2v) is 23.8. The molecule has 1 amide bonds. The molecular formula is C30H53NO6Si2. The van der Waals surface area contributed by atoms with Crippen molar-refractivity contribution < 1.29 is 27.9 Å². The fraction of sp³-hybridized carbons (Fsp3) is 0.733. The van der Waals surface area contributed by atoms with Gasteiger partial charge in [0.25, 0.3) is 8.32 Å². The molecule has 0 spiro atoms. The van der Waals surface area contributed by atoms with Gasteiger partial charge in [-0.25, -0.2) is 4.79 Å². The molecule has 2 rings (SSSR count). The molecule has 0 bridgehead atoms. The number of carbonyl (C=O) groups is 2. The molecule has 1 aliphatic carbocycles. The normalized spacial score (nSPS) is 18.6. The molecule has 1 aliphatic rings. The van der Waals surface area contributed by atoms with Crippen molar-refractivity contribution in [3.05, 3.63) is 17.7 Å². The molecule has 0 radical (unpaired) electrons. The van der Waals surface area contributed by atoms with Crippen molar-refractivity contribution in [2.75, 3.05) is 13.7 Å². The van der Waals surface area contributed by atoms with E-state index in [4.69, 9.17) is 24.1 Å². The number of carbonyl (C=O) groups excluding carboxylic acids is 2. The number of hydrogen-bond donors (Lipinski definition) is 1. The minimum absolute atomic E-state index is 0.0717. The zero-order valence-electron chi connectivity index (χ0n) is 26.4. The van der Waals surface area contributed by atoms with Crippen molar-refractivity contribution in [3.63, 3.8) is 0 Å². The van der Waals surface area contributed by atoms with Crippen LogP contribution in [0, 0.1) is 11.8 Å². The molecule has 0 aromatic heterocycles. The summed E-state index contributed by atoms with van der Waals surface area (Å²) in [7, 11) is -2.74. The van der Waals surface area contributed by atoms with Gasteiger partial charge in [0.05, 0.1) is 12.7 Å². The van der Waals surface area contributed by atoms with Crippen molar-refractivity contribution in [2.24, 2.45) is 17.6 Å². The number of primary amides is 1. The Hall–Kier alpha value is -1.85. The maximum Gasteiger partial charge on any atom is 0.409 e. The van der Waals surface area contributed by atoms with Gasteiger partial charge in [-0.3, -0.25) is 4.79 Å². The van der Waals surface area contributed by atoms with Crippen LogP contribution in [0.15, 0.2) is 12.1 Å². The first-order chi connectivity index (χ1) is 17.9. The first-order valence-electron chi connectivity index (χ1n) is 14.5. The van der Waals surface area contributed by atoms with Crippen LogP contribution in [0.4, 0.5) is 4.79 Å². The summed E-state index contributed by atoms with van der Waals surface area (Å²) in [6.07, 6.45) is 1.69. The maximum atomic E-state index is 14.0. The van der Waals surface area contributed by atoms with Crippen LogP contribution in [-0.2, 0) is 4.43 Å². The molecule has 1 aromatic carbocycles. The Labute approximate surface area is 238 Å². The van der Waals surface area contributed by atoms with Crippen LogP contribution < -0.4 is 19.6 Å². The number of ether oxygens (including phenoxy) is 2. The number of hydrogen-bond acceptors (Lipinski definition) is 6. The largest absolute Gasteiger partial charge is 0.540 e. The summed E-state index contributed by atoms with van der Waals surface area (Å²) in [6, 6.07) is 3.29. The standard InChI is InChI=1S/C30H53NO6Si2/c1-19(2)39(20(3)4,21(5)6)37-27-17-25(36-29(31)33)24(16-26(27)34-10)28(32)23-15-13-14-22(23)18-35-38(11,12)30(7,8)9/h16-17,19-23H,13-15,18H2,1-12H3,(H2,31,33)/t22-,23?/m0/s1. The van der Waals surface area contributed by atoms with Crippen molar-refractivity contribution in [1.82, 2.24) is 0 Å². The average Bonchev–Trinajstić information content (AvgIpc) is 3.27. The molecule has 39 heavy (non-hydrogen) atoms. The van der Waals surface area contributed by atoms with E-state index < -0.39 is 22.7 Å². The van der Waals surface area contributed by atoms with E-state index >= 15 is 0 Å². The third-order valence-corrected chi connectivity index (χ3v) is 19.7. The Kier molecular flexibility index (Phi) is 10.9. The monoisotopic (exact) mass is 579 g/mol. The molecule has 0 heterocycles. The molecule has 0 aliphatic heterocycles. The number of methoxy groups -OCH3 is 1. The van der Waals surface area contributed by atoms with E-state index in [0.29, 0.717) is 40.3 Å². The van der Waals surface area contributed by atoms with Gasteiger partial charge in [0.15, 0.2) is 19.9 Å². The Balaban J connectivity index is 2.51. The van der Waals surface area contributed by atoms with Crippen LogP contribution in [0.2, 0.25) is 34.8 Å². The first kappa shape index (κ1) is 33.4. The molecule has 1 saturated carbocycles. The van der Waals surface area contributed by atoms with Crippen LogP contribution in [0.1, 0.15) is 91.9 Å². The molecule has 1 unspecified atom stereocenters. The lowest BCUT2D eigenvalue weighted by Gasteiger charge is -2.42. The van der Waals surface area contributed by atoms with Gasteiger partial charge in [-0.2, -0.15) is 0 Å². The lowest BCUT2D eigenvalue weighted by atomic mass is 9.88. The van der Waals surface area contributed by atoms with Gasteiger partial charge in [0.2, 0.25) is 0 Å². The van der Waals surface area contributed by atoms with Crippen molar-refractivity contribution in [3.8, 4) is 17.2 Å². The van der Waals surface area contributed by atoms with E-state index in [9.17, 15) is 9.59 Å². The molecule has 7 nitrogen and oxygen atoms in total. The van der Waals surface area contributed by atoms with Crippen LogP contribution in [0.5, 0.6) is 17.2 Å². The number of ketones is 1. The summed E-state index contributed by atoms with van der Waals surface area (Å²) in [6.45, 7) is 24.9. The molecule has 2 N–H and O–H groups in total. The number of rotatable bonds is 12. The topological polar surface area (TPSA) is 97.1 Å². The lowest BCUT2D eigenvalue weighted by molar-refractivity contribution is 0.0852. The van der Waals surface area contributed by atoms with Gasteiger partial charge in [0.1, 0.15) is 11.5 Å². The number of benzene rings is 1. The summed E-state index contributed by atoms with van der Waals surface area (Å²) in [5, 5.41) is 0.0945. The predicted octanol–water partition coefficient (Wildman–Crippen LogP) is 8.33. The van der Waals surface area contributed by atoms with Gasteiger partial charge in [0, 0.05) is 18.6 Å². The third-order valence-electron chi connectivity index (χ3n) is 9.20. The van der Waals surface area contributed by atoms with Crippen LogP contribution >= 0.6 is 0 Å². The maximum absolute atomic E-state index is 14.0. The third kappa shape index (κ3) is 7.27. The number of nitrogens with two attached hydrogens (primary N) is 1. The van der Waals surface area contributed by atoms with Gasteiger partial charge in [-0.1, -0.05) is 68.7 Å². The number of Topliss-reactive ketones (excluding diaryl/α,β-unsaturated/α-hetero) is 1. The highest BCUT2D eigenvalue weighted by atomic mass is 28.4. The highest BCUT2D eigenvalue weighted by Crippen LogP contribution is 2.47. The van der Waals surface area contributed by atoms with Crippen LogP contribution in [0.25, 0.3) is 0 Å². The quantitative estimate of drug-likeness (QED) is 0.197. The molecule has 9 heteroatoms. The van der Waals surface area contributed by atoms with Gasteiger partial charge >= 0.3 is 6.09 Å². The van der Waals surface area contributed by atoms with E-state index in [0.717, 1.165) is 19.3 Å². The van der Waals surface area contributed by atoms with Gasteiger partial charge in [-0.15, -0.1) is 0 Å². The van der Waals surface area contributed by atoms with Gasteiger partial charge in [-0.05, 0) is 59.6 Å². The number of amides is 1. The fourth-order valence-corrected chi connectivity index (χ4v) is 12.3. The molecule has 2 atom stereocenters. The Morgan fingerprint density at radius 2 is 1.51 bits per heavy atom. The predicted molar refractivity (Wildman–Crippen MR) is 163 cm³/mol. The van der Waals surface area contributed by atoms with Crippen molar-refractivity contribution >= 4 is 28.5 Å². The SMILES string of the molecule is COc1cc(C(=O)C2CCC[C@H]2CO[Si](C)(C)C(C)(C)C)c(OC(N)=O)cc1O[Si](C(C)C)(C(C)C)C(C)C. The highest BCUT2D eigenvalue weighted by molar-refractivity contribution is 6.78. The summed E-state index contributed by atoms with van der Waals surface area (Å²) in [5.41, 5.74) is 6.72. The van der Waals surface area contributed by atoms with Crippen LogP contribution in [0.3, 0.4) is 0 Å². The highest BCUT2D eigenvalue weighted by Gasteiger charge is 2.48. The van der Waals surface area contributed by atoms with Gasteiger partial charge < -0.3 is 24.1 Å². The Bertz CT molecular complexity index is 994. The average molecular weight is 580 g/mol. The van der Waals surface area contributed by atoms with E-state index in [1.807, 2.05) is 0 Å². The van der Waals surface area contributed by atoms with Crippen LogP contribution in [-0.4, -0.2) is 42.2 Å². The minimum atomic E-state index is -2.35. The van der Waals surface area contributed by atoms with Crippen molar-refractivity contribution in [1.29, 1.82) is 0 Å². The molecular weight excluding hydrogens is 527 g/mol. The van der Waals surface area contributed by atoms with E-state index in [1.54, 1.807) is 19.2 Å². The summed E-state index contributed by atoms with van der Waals surface area (Å²) < 4.78 is 24.6. The zero-order valence-corrected chi connectivity index (χ0v) is 28.4.